The predicted octanol–water partition coefficient (Wildman–Crippen LogP) is 5.91. The molecule has 0 unspecified atom stereocenters. The predicted molar refractivity (Wildman–Crippen MR) is 140 cm³/mol. The molecule has 0 saturated carbocycles. The first-order chi connectivity index (χ1) is 16.2. The van der Waals surface area contributed by atoms with Crippen LogP contribution in [0.2, 0.25) is 5.02 Å². The summed E-state index contributed by atoms with van der Waals surface area (Å²) in [5.41, 5.74) is 1.49. The monoisotopic (exact) mass is 615 g/mol. The molecule has 2 aromatic rings. The molecule has 1 atom stereocenters. The number of rotatable bonds is 9. The highest BCUT2D eigenvalue weighted by Crippen LogP contribution is 2.38. The molecule has 180 valence electrons. The molecule has 0 aromatic heterocycles. The van der Waals surface area contributed by atoms with E-state index in [2.05, 4.69) is 22.6 Å². The van der Waals surface area contributed by atoms with Crippen molar-refractivity contribution in [3.63, 3.8) is 0 Å². The van der Waals surface area contributed by atoms with Gasteiger partial charge in [-0.2, -0.15) is 0 Å². The molecular formula is C24H23ClINO6S. The highest BCUT2D eigenvalue weighted by Gasteiger charge is 2.37. The molecule has 3 rings (SSSR count). The van der Waals surface area contributed by atoms with Gasteiger partial charge in [0.05, 0.1) is 21.7 Å². The van der Waals surface area contributed by atoms with Gasteiger partial charge in [-0.05, 0) is 77.5 Å². The average Bonchev–Trinajstić information content (AvgIpc) is 3.06. The number of thioether (sulfide) groups is 1. The first-order valence-corrected chi connectivity index (χ1v) is 12.7. The van der Waals surface area contributed by atoms with E-state index < -0.39 is 23.7 Å². The third-order valence-corrected chi connectivity index (χ3v) is 7.03. The molecule has 0 N–H and O–H groups in total. The van der Waals surface area contributed by atoms with Crippen LogP contribution in [0.5, 0.6) is 11.5 Å². The van der Waals surface area contributed by atoms with E-state index in [1.54, 1.807) is 25.1 Å². The summed E-state index contributed by atoms with van der Waals surface area (Å²) in [6.07, 6.45) is 1.95. The van der Waals surface area contributed by atoms with Crippen LogP contribution in [-0.2, 0) is 20.9 Å². The van der Waals surface area contributed by atoms with Gasteiger partial charge in [-0.1, -0.05) is 36.7 Å². The van der Waals surface area contributed by atoms with Gasteiger partial charge >= 0.3 is 5.97 Å². The number of carbonyl (C=O) groups excluding carboxylic acids is 3. The van der Waals surface area contributed by atoms with Crippen LogP contribution in [0.1, 0.15) is 31.4 Å². The van der Waals surface area contributed by atoms with E-state index in [9.17, 15) is 14.4 Å². The van der Waals surface area contributed by atoms with E-state index >= 15 is 0 Å². The third kappa shape index (κ3) is 6.45. The van der Waals surface area contributed by atoms with E-state index in [1.165, 1.54) is 7.11 Å². The molecule has 2 amide bonds. The minimum Gasteiger partial charge on any atom is -0.493 e. The molecule has 10 heteroatoms. The van der Waals surface area contributed by atoms with Crippen LogP contribution in [0, 0.1) is 3.57 Å². The van der Waals surface area contributed by atoms with Crippen LogP contribution in [0.4, 0.5) is 4.79 Å². The van der Waals surface area contributed by atoms with Crippen molar-refractivity contribution in [2.24, 2.45) is 0 Å². The Morgan fingerprint density at radius 3 is 2.68 bits per heavy atom. The topological polar surface area (TPSA) is 82.1 Å². The van der Waals surface area contributed by atoms with Crippen LogP contribution >= 0.6 is 46.0 Å². The van der Waals surface area contributed by atoms with Gasteiger partial charge in [0.1, 0.15) is 13.2 Å². The van der Waals surface area contributed by atoms with E-state index in [0.717, 1.165) is 25.8 Å². The smallest absolute Gasteiger partial charge is 0.326 e. The number of ether oxygens (including phenoxy) is 3. The summed E-state index contributed by atoms with van der Waals surface area (Å²) in [5, 5.41) is 0.0931. The molecule has 1 aliphatic heterocycles. The molecule has 0 spiro atoms. The van der Waals surface area contributed by atoms with E-state index in [-0.39, 0.29) is 17.6 Å². The molecule has 1 fully saturated rings. The van der Waals surface area contributed by atoms with Crippen molar-refractivity contribution in [3.8, 4) is 11.5 Å². The first kappa shape index (κ1) is 26.4. The largest absolute Gasteiger partial charge is 0.493 e. The number of nitrogens with zero attached hydrogens (tertiary/aromatic N) is 1. The Kier molecular flexibility index (Phi) is 9.26. The van der Waals surface area contributed by atoms with Crippen LogP contribution in [0.25, 0.3) is 6.08 Å². The number of imide groups is 1. The summed E-state index contributed by atoms with van der Waals surface area (Å²) in [7, 11) is 1.52. The van der Waals surface area contributed by atoms with Gasteiger partial charge in [0.25, 0.3) is 11.1 Å². The zero-order chi connectivity index (χ0) is 24.8. The number of methoxy groups -OCH3 is 1. The van der Waals surface area contributed by atoms with E-state index in [4.69, 9.17) is 25.8 Å². The molecule has 2 aromatic carbocycles. The lowest BCUT2D eigenvalue weighted by atomic mass is 10.1. The molecular weight excluding hydrogens is 593 g/mol. The quantitative estimate of drug-likeness (QED) is 0.197. The lowest BCUT2D eigenvalue weighted by molar-refractivity contribution is -0.150. The lowest BCUT2D eigenvalue weighted by Crippen LogP contribution is -2.35. The maximum Gasteiger partial charge on any atom is 0.326 e. The SMILES string of the molecule is CC[C@@H](C)OC(=O)CN1C(=O)S/C(=C/c2cc(I)c(OCc3ccccc3Cl)c(OC)c2)C1=O. The fraction of sp³-hybridized carbons (Fsp3) is 0.292. The summed E-state index contributed by atoms with van der Waals surface area (Å²) in [4.78, 5) is 38.2. The molecule has 34 heavy (non-hydrogen) atoms. The van der Waals surface area contributed by atoms with Gasteiger partial charge in [-0.3, -0.25) is 19.3 Å². The summed E-state index contributed by atoms with van der Waals surface area (Å²) in [6, 6.07) is 10.9. The Balaban J connectivity index is 1.77. The second kappa shape index (κ2) is 11.9. The summed E-state index contributed by atoms with van der Waals surface area (Å²) in [6.45, 7) is 3.48. The zero-order valence-electron chi connectivity index (χ0n) is 18.8. The van der Waals surface area contributed by atoms with Crippen LogP contribution < -0.4 is 9.47 Å². The Hall–Kier alpha value is -2.24. The van der Waals surface area contributed by atoms with Crippen molar-refractivity contribution in [2.75, 3.05) is 13.7 Å². The number of hydrogen-bond acceptors (Lipinski definition) is 7. The Morgan fingerprint density at radius 2 is 2.00 bits per heavy atom. The Bertz CT molecular complexity index is 1140. The van der Waals surface area contributed by atoms with Gasteiger partial charge in [0, 0.05) is 10.6 Å². The van der Waals surface area contributed by atoms with Gasteiger partial charge in [-0.25, -0.2) is 0 Å². The highest BCUT2D eigenvalue weighted by molar-refractivity contribution is 14.1. The number of esters is 1. The summed E-state index contributed by atoms with van der Waals surface area (Å²) >= 11 is 9.11. The number of amides is 2. The molecule has 0 aliphatic carbocycles. The maximum atomic E-state index is 12.7. The minimum absolute atomic E-state index is 0.212. The van der Waals surface area contributed by atoms with Crippen molar-refractivity contribution in [2.45, 2.75) is 33.0 Å². The molecule has 7 nitrogen and oxygen atoms in total. The number of halogens is 2. The first-order valence-electron chi connectivity index (χ1n) is 10.4. The summed E-state index contributed by atoms with van der Waals surface area (Å²) in [5.74, 6) is -0.138. The fourth-order valence-corrected chi connectivity index (χ4v) is 4.80. The van der Waals surface area contributed by atoms with Crippen LogP contribution in [-0.4, -0.2) is 41.8 Å². The average molecular weight is 616 g/mol. The maximum absolute atomic E-state index is 12.7. The highest BCUT2D eigenvalue weighted by atomic mass is 127. The van der Waals surface area contributed by atoms with Crippen molar-refractivity contribution < 1.29 is 28.6 Å². The normalized spacial score (nSPS) is 15.6. The second-order valence-electron chi connectivity index (χ2n) is 7.39. The zero-order valence-corrected chi connectivity index (χ0v) is 22.5. The van der Waals surface area contributed by atoms with Gasteiger partial charge < -0.3 is 14.2 Å². The van der Waals surface area contributed by atoms with E-state index in [1.807, 2.05) is 31.2 Å². The molecule has 0 bridgehead atoms. The van der Waals surface area contributed by atoms with Gasteiger partial charge in [0.15, 0.2) is 11.5 Å². The van der Waals surface area contributed by atoms with E-state index in [0.29, 0.717) is 28.5 Å². The van der Waals surface area contributed by atoms with Crippen molar-refractivity contribution in [1.29, 1.82) is 0 Å². The number of benzene rings is 2. The van der Waals surface area contributed by atoms with Crippen molar-refractivity contribution in [1.82, 2.24) is 4.90 Å². The molecule has 1 saturated heterocycles. The van der Waals surface area contributed by atoms with Gasteiger partial charge in [-0.15, -0.1) is 0 Å². The fourth-order valence-electron chi connectivity index (χ4n) is 2.99. The van der Waals surface area contributed by atoms with Gasteiger partial charge in [0.2, 0.25) is 0 Å². The third-order valence-electron chi connectivity index (χ3n) is 4.95. The standard InChI is InChI=1S/C24H23ClINO6S/c1-4-14(2)33-21(28)12-27-23(29)20(34-24(27)30)11-15-9-18(26)22(19(10-15)31-3)32-13-16-7-5-6-8-17(16)25/h5-11,14H,4,12-13H2,1-3H3/b20-11+/t14-/m1/s1. The summed E-state index contributed by atoms with van der Waals surface area (Å²) < 4.78 is 17.4. The lowest BCUT2D eigenvalue weighted by Gasteiger charge is -2.15. The number of carbonyl (C=O) groups is 3. The minimum atomic E-state index is -0.617. The second-order valence-corrected chi connectivity index (χ2v) is 9.95. The van der Waals surface area contributed by atoms with Crippen LogP contribution in [0.3, 0.4) is 0 Å². The van der Waals surface area contributed by atoms with Crippen molar-refractivity contribution in [3.05, 3.63) is 61.0 Å². The molecule has 1 heterocycles. The van der Waals surface area contributed by atoms with Crippen LogP contribution in [0.15, 0.2) is 41.3 Å². The molecule has 1 aliphatic rings. The molecule has 0 radical (unpaired) electrons. The number of hydrogen-bond donors (Lipinski definition) is 0. The Morgan fingerprint density at radius 1 is 1.26 bits per heavy atom. The Labute approximate surface area is 220 Å². The van der Waals surface area contributed by atoms with Crippen molar-refractivity contribution >= 4 is 69.1 Å².